The molecule has 16 heavy (non-hydrogen) atoms. The predicted octanol–water partition coefficient (Wildman–Crippen LogP) is 1.91. The lowest BCUT2D eigenvalue weighted by Gasteiger charge is -2.19. The fraction of sp³-hybridized carbons (Fsp3) is 0.333. The van der Waals surface area contributed by atoms with E-state index in [4.69, 9.17) is 21.1 Å². The summed E-state index contributed by atoms with van der Waals surface area (Å²) in [5.41, 5.74) is 0.233. The Morgan fingerprint density at radius 1 is 1.31 bits per heavy atom. The standard InChI is InChI=1S/C9H8ClFO4S/c10-7-3-6(5-16(11,12)13)4-8-9(7)15-2-1-14-8/h3-4H,1-2,5H2. The van der Waals surface area contributed by atoms with Crippen molar-refractivity contribution < 1.29 is 21.8 Å². The van der Waals surface area contributed by atoms with Crippen LogP contribution in [0.1, 0.15) is 5.56 Å². The Labute approximate surface area is 97.1 Å². The van der Waals surface area contributed by atoms with Crippen LogP contribution in [0.15, 0.2) is 12.1 Å². The zero-order valence-corrected chi connectivity index (χ0v) is 9.65. The first-order chi connectivity index (χ1) is 7.46. The summed E-state index contributed by atoms with van der Waals surface area (Å²) in [5.74, 6) is -0.00563. The van der Waals surface area contributed by atoms with Gasteiger partial charge < -0.3 is 9.47 Å². The second-order valence-electron chi connectivity index (χ2n) is 3.29. The van der Waals surface area contributed by atoms with Crippen molar-refractivity contribution in [2.24, 2.45) is 0 Å². The van der Waals surface area contributed by atoms with E-state index in [1.807, 2.05) is 0 Å². The molecule has 0 radical (unpaired) electrons. The Morgan fingerprint density at radius 2 is 2.00 bits per heavy atom. The van der Waals surface area contributed by atoms with Gasteiger partial charge in [0, 0.05) is 0 Å². The van der Waals surface area contributed by atoms with Gasteiger partial charge in [-0.2, -0.15) is 8.42 Å². The quantitative estimate of drug-likeness (QED) is 0.768. The second kappa shape index (κ2) is 4.10. The molecular formula is C9H8ClFO4S. The van der Waals surface area contributed by atoms with Crippen LogP contribution in [0.2, 0.25) is 5.02 Å². The summed E-state index contributed by atoms with van der Waals surface area (Å²) in [6.07, 6.45) is 0. The molecule has 0 saturated carbocycles. The van der Waals surface area contributed by atoms with E-state index in [9.17, 15) is 12.3 Å². The molecule has 2 rings (SSSR count). The number of rotatable bonds is 2. The highest BCUT2D eigenvalue weighted by Gasteiger charge is 2.19. The van der Waals surface area contributed by atoms with Crippen molar-refractivity contribution in [1.82, 2.24) is 0 Å². The highest BCUT2D eigenvalue weighted by molar-refractivity contribution is 7.85. The molecular weight excluding hydrogens is 259 g/mol. The summed E-state index contributed by atoms with van der Waals surface area (Å²) in [5, 5.41) is 0.218. The molecule has 0 atom stereocenters. The van der Waals surface area contributed by atoms with E-state index in [-0.39, 0.29) is 10.6 Å². The van der Waals surface area contributed by atoms with Crippen molar-refractivity contribution >= 4 is 21.8 Å². The van der Waals surface area contributed by atoms with Gasteiger partial charge in [0.05, 0.1) is 5.02 Å². The maximum atomic E-state index is 12.5. The molecule has 1 aromatic carbocycles. The maximum absolute atomic E-state index is 12.5. The van der Waals surface area contributed by atoms with Gasteiger partial charge in [-0.1, -0.05) is 11.6 Å². The molecule has 0 spiro atoms. The zero-order chi connectivity index (χ0) is 11.8. The van der Waals surface area contributed by atoms with Crippen LogP contribution in [0, 0.1) is 0 Å². The molecule has 1 heterocycles. The van der Waals surface area contributed by atoms with Crippen LogP contribution in [0.5, 0.6) is 11.5 Å². The van der Waals surface area contributed by atoms with Gasteiger partial charge in [0.1, 0.15) is 19.0 Å². The topological polar surface area (TPSA) is 52.6 Å². The molecule has 0 N–H and O–H groups in total. The van der Waals surface area contributed by atoms with Crippen LogP contribution < -0.4 is 9.47 Å². The number of hydrogen-bond donors (Lipinski definition) is 0. The molecule has 0 fully saturated rings. The van der Waals surface area contributed by atoms with E-state index >= 15 is 0 Å². The molecule has 1 aliphatic heterocycles. The van der Waals surface area contributed by atoms with Crippen molar-refractivity contribution in [3.05, 3.63) is 22.7 Å². The highest BCUT2D eigenvalue weighted by Crippen LogP contribution is 2.38. The summed E-state index contributed by atoms with van der Waals surface area (Å²) in [6.45, 7) is 0.739. The average molecular weight is 267 g/mol. The minimum atomic E-state index is -4.58. The van der Waals surface area contributed by atoms with E-state index in [1.54, 1.807) is 0 Å². The van der Waals surface area contributed by atoms with Gasteiger partial charge in [-0.15, -0.1) is 3.89 Å². The first kappa shape index (κ1) is 11.5. The molecule has 0 aliphatic carbocycles. The van der Waals surface area contributed by atoms with E-state index in [0.717, 1.165) is 0 Å². The van der Waals surface area contributed by atoms with E-state index in [2.05, 4.69) is 0 Å². The number of fused-ring (bicyclic) bond motifs is 1. The van der Waals surface area contributed by atoms with E-state index < -0.39 is 16.0 Å². The van der Waals surface area contributed by atoms with Crippen molar-refractivity contribution in [3.8, 4) is 11.5 Å². The SMILES string of the molecule is O=S(=O)(F)Cc1cc(Cl)c2c(c1)OCCO2. The first-order valence-corrected chi connectivity index (χ1v) is 6.39. The zero-order valence-electron chi connectivity index (χ0n) is 8.07. The molecule has 0 saturated heterocycles. The molecule has 0 amide bonds. The Hall–Kier alpha value is -1.01. The summed E-state index contributed by atoms with van der Waals surface area (Å²) in [6, 6.07) is 2.77. The summed E-state index contributed by atoms with van der Waals surface area (Å²) < 4.78 is 44.0. The largest absolute Gasteiger partial charge is 0.486 e. The van der Waals surface area contributed by atoms with Crippen LogP contribution in [-0.2, 0) is 16.0 Å². The lowest BCUT2D eigenvalue weighted by Crippen LogP contribution is -2.16. The molecule has 0 unspecified atom stereocenters. The van der Waals surface area contributed by atoms with Crippen LogP contribution >= 0.6 is 11.6 Å². The predicted molar refractivity (Wildman–Crippen MR) is 56.2 cm³/mol. The van der Waals surface area contributed by atoms with Crippen LogP contribution in [0.4, 0.5) is 3.89 Å². The molecule has 7 heteroatoms. The summed E-state index contributed by atoms with van der Waals surface area (Å²) in [7, 11) is -4.58. The Balaban J connectivity index is 2.39. The number of halogens is 2. The number of ether oxygens (including phenoxy) is 2. The highest BCUT2D eigenvalue weighted by atomic mass is 35.5. The van der Waals surface area contributed by atoms with Gasteiger partial charge in [0.25, 0.3) is 0 Å². The molecule has 0 aromatic heterocycles. The summed E-state index contributed by atoms with van der Waals surface area (Å²) >= 11 is 5.85. The number of benzene rings is 1. The third-order valence-corrected chi connectivity index (χ3v) is 2.95. The Morgan fingerprint density at radius 3 is 2.69 bits per heavy atom. The fourth-order valence-corrected chi connectivity index (χ4v) is 2.30. The van der Waals surface area contributed by atoms with Gasteiger partial charge in [-0.05, 0) is 17.7 Å². The second-order valence-corrected chi connectivity index (χ2v) is 5.06. The van der Waals surface area contributed by atoms with Crippen LogP contribution in [0.25, 0.3) is 0 Å². The lowest BCUT2D eigenvalue weighted by molar-refractivity contribution is 0.171. The average Bonchev–Trinajstić information content (AvgIpc) is 2.15. The lowest BCUT2D eigenvalue weighted by atomic mass is 10.2. The molecule has 88 valence electrons. The van der Waals surface area contributed by atoms with Gasteiger partial charge >= 0.3 is 10.2 Å². The molecule has 1 aliphatic rings. The van der Waals surface area contributed by atoms with Crippen LogP contribution in [-0.4, -0.2) is 21.6 Å². The van der Waals surface area contributed by atoms with E-state index in [0.29, 0.717) is 24.7 Å². The normalized spacial score (nSPS) is 14.9. The minimum Gasteiger partial charge on any atom is -0.486 e. The van der Waals surface area contributed by atoms with Crippen molar-refractivity contribution in [2.75, 3.05) is 13.2 Å². The Bertz CT molecular complexity index is 514. The van der Waals surface area contributed by atoms with Crippen molar-refractivity contribution in [1.29, 1.82) is 0 Å². The van der Waals surface area contributed by atoms with Crippen LogP contribution in [0.3, 0.4) is 0 Å². The van der Waals surface area contributed by atoms with Gasteiger partial charge in [-0.3, -0.25) is 0 Å². The van der Waals surface area contributed by atoms with Crippen molar-refractivity contribution in [3.63, 3.8) is 0 Å². The van der Waals surface area contributed by atoms with E-state index in [1.165, 1.54) is 12.1 Å². The van der Waals surface area contributed by atoms with Gasteiger partial charge in [0.15, 0.2) is 11.5 Å². The van der Waals surface area contributed by atoms with Gasteiger partial charge in [0.2, 0.25) is 0 Å². The third-order valence-electron chi connectivity index (χ3n) is 2.00. The maximum Gasteiger partial charge on any atom is 0.306 e. The monoisotopic (exact) mass is 266 g/mol. The third kappa shape index (κ3) is 2.56. The fourth-order valence-electron chi connectivity index (χ4n) is 1.45. The molecule has 0 bridgehead atoms. The van der Waals surface area contributed by atoms with Gasteiger partial charge in [-0.25, -0.2) is 0 Å². The minimum absolute atomic E-state index is 0.218. The van der Waals surface area contributed by atoms with Crippen molar-refractivity contribution in [2.45, 2.75) is 5.75 Å². The number of hydrogen-bond acceptors (Lipinski definition) is 4. The molecule has 4 nitrogen and oxygen atoms in total. The summed E-state index contributed by atoms with van der Waals surface area (Å²) in [4.78, 5) is 0. The Kier molecular flexibility index (Phi) is 2.94. The molecule has 1 aromatic rings. The first-order valence-electron chi connectivity index (χ1n) is 4.46. The smallest absolute Gasteiger partial charge is 0.306 e.